The van der Waals surface area contributed by atoms with E-state index in [9.17, 15) is 19.7 Å². The number of aliphatic carboxylic acids is 1. The van der Waals surface area contributed by atoms with Crippen molar-refractivity contribution in [2.45, 2.75) is 12.8 Å². The fraction of sp³-hybridized carbons (Fsp3) is 0.455. The summed E-state index contributed by atoms with van der Waals surface area (Å²) in [7, 11) is 0. The molecule has 0 aliphatic carbocycles. The van der Waals surface area contributed by atoms with Crippen molar-refractivity contribution in [1.29, 1.82) is 0 Å². The topological polar surface area (TPSA) is 101 Å². The van der Waals surface area contributed by atoms with E-state index in [0.29, 0.717) is 19.4 Å². The van der Waals surface area contributed by atoms with Gasteiger partial charge in [0.15, 0.2) is 0 Å². The SMILES string of the molecule is O=C(O)[C@H]1CCCN(C(=O)c2csc([N+](=O)[O-])c2)C1. The van der Waals surface area contributed by atoms with Crippen LogP contribution in [0.4, 0.5) is 5.00 Å². The Hall–Kier alpha value is -1.96. The molecule has 1 aliphatic heterocycles. The summed E-state index contributed by atoms with van der Waals surface area (Å²) in [6.45, 7) is 0.657. The number of carboxylic acids is 1. The Morgan fingerprint density at radius 3 is 2.84 bits per heavy atom. The van der Waals surface area contributed by atoms with Gasteiger partial charge < -0.3 is 10.0 Å². The zero-order valence-electron chi connectivity index (χ0n) is 9.94. The molecule has 0 radical (unpaired) electrons. The predicted molar refractivity (Wildman–Crippen MR) is 67.2 cm³/mol. The van der Waals surface area contributed by atoms with E-state index in [1.807, 2.05) is 0 Å². The number of thiophene rings is 1. The van der Waals surface area contributed by atoms with Gasteiger partial charge in [0.05, 0.1) is 16.4 Å². The van der Waals surface area contributed by atoms with E-state index in [1.54, 1.807) is 0 Å². The van der Waals surface area contributed by atoms with Gasteiger partial charge in [-0.2, -0.15) is 0 Å². The minimum Gasteiger partial charge on any atom is -0.481 e. The molecule has 102 valence electrons. The van der Waals surface area contributed by atoms with E-state index < -0.39 is 16.8 Å². The van der Waals surface area contributed by atoms with Crippen LogP contribution in [0.3, 0.4) is 0 Å². The smallest absolute Gasteiger partial charge is 0.324 e. The first-order chi connectivity index (χ1) is 8.99. The largest absolute Gasteiger partial charge is 0.481 e. The first-order valence-corrected chi connectivity index (χ1v) is 6.62. The molecular weight excluding hydrogens is 272 g/mol. The van der Waals surface area contributed by atoms with Crippen molar-refractivity contribution >= 4 is 28.2 Å². The highest BCUT2D eigenvalue weighted by atomic mass is 32.1. The molecule has 0 aromatic carbocycles. The molecule has 1 amide bonds. The Labute approximate surface area is 112 Å². The normalized spacial score (nSPS) is 19.2. The first-order valence-electron chi connectivity index (χ1n) is 5.74. The summed E-state index contributed by atoms with van der Waals surface area (Å²) >= 11 is 0.894. The third-order valence-corrected chi connectivity index (χ3v) is 3.95. The number of hydrogen-bond donors (Lipinski definition) is 1. The average Bonchev–Trinajstić information content (AvgIpc) is 2.87. The average molecular weight is 284 g/mol. The van der Waals surface area contributed by atoms with E-state index in [2.05, 4.69) is 0 Å². The molecule has 2 heterocycles. The summed E-state index contributed by atoms with van der Waals surface area (Å²) in [4.78, 5) is 34.5. The summed E-state index contributed by atoms with van der Waals surface area (Å²) in [5.41, 5.74) is 0.253. The number of carbonyl (C=O) groups is 2. The minimum absolute atomic E-state index is 0.0878. The lowest BCUT2D eigenvalue weighted by atomic mass is 9.98. The molecule has 0 unspecified atom stereocenters. The van der Waals surface area contributed by atoms with Crippen LogP contribution in [-0.2, 0) is 4.79 Å². The third kappa shape index (κ3) is 2.90. The predicted octanol–water partition coefficient (Wildman–Crippen LogP) is 1.59. The van der Waals surface area contributed by atoms with Crippen molar-refractivity contribution in [3.05, 3.63) is 27.1 Å². The number of amides is 1. The number of hydrogen-bond acceptors (Lipinski definition) is 5. The Balaban J connectivity index is 2.10. The molecule has 8 heteroatoms. The van der Waals surface area contributed by atoms with E-state index in [-0.39, 0.29) is 23.0 Å². The lowest BCUT2D eigenvalue weighted by molar-refractivity contribution is -0.380. The molecule has 1 fully saturated rings. The van der Waals surface area contributed by atoms with Crippen LogP contribution in [0, 0.1) is 16.0 Å². The Morgan fingerprint density at radius 1 is 1.53 bits per heavy atom. The second-order valence-electron chi connectivity index (χ2n) is 4.36. The van der Waals surface area contributed by atoms with E-state index in [0.717, 1.165) is 11.3 Å². The van der Waals surface area contributed by atoms with E-state index >= 15 is 0 Å². The lowest BCUT2D eigenvalue weighted by Gasteiger charge is -2.30. The molecule has 2 rings (SSSR count). The zero-order chi connectivity index (χ0) is 14.0. The Bertz CT molecular complexity index is 527. The third-order valence-electron chi connectivity index (χ3n) is 3.07. The van der Waals surface area contributed by atoms with Crippen LogP contribution in [0.2, 0.25) is 0 Å². The monoisotopic (exact) mass is 284 g/mol. The molecule has 1 N–H and O–H groups in total. The maximum absolute atomic E-state index is 12.1. The number of piperidine rings is 1. The van der Waals surface area contributed by atoms with Crippen LogP contribution in [-0.4, -0.2) is 39.9 Å². The number of nitro groups is 1. The van der Waals surface area contributed by atoms with Crippen molar-refractivity contribution in [1.82, 2.24) is 4.90 Å². The number of likely N-dealkylation sites (tertiary alicyclic amines) is 1. The highest BCUT2D eigenvalue weighted by Crippen LogP contribution is 2.25. The van der Waals surface area contributed by atoms with Gasteiger partial charge in [-0.1, -0.05) is 11.3 Å². The molecular formula is C11H12N2O5S. The van der Waals surface area contributed by atoms with Gasteiger partial charge in [0.25, 0.3) is 5.91 Å². The fourth-order valence-corrected chi connectivity index (χ4v) is 2.78. The number of rotatable bonds is 3. The van der Waals surface area contributed by atoms with Crippen molar-refractivity contribution in [2.24, 2.45) is 5.92 Å². The van der Waals surface area contributed by atoms with Crippen molar-refractivity contribution < 1.29 is 19.6 Å². The molecule has 19 heavy (non-hydrogen) atoms. The maximum Gasteiger partial charge on any atom is 0.324 e. The van der Waals surface area contributed by atoms with Gasteiger partial charge in [-0.25, -0.2) is 0 Å². The van der Waals surface area contributed by atoms with Crippen LogP contribution < -0.4 is 0 Å². The molecule has 1 aromatic heterocycles. The van der Waals surface area contributed by atoms with Crippen LogP contribution in [0.1, 0.15) is 23.2 Å². The van der Waals surface area contributed by atoms with E-state index in [1.165, 1.54) is 16.3 Å². The number of carbonyl (C=O) groups excluding carboxylic acids is 1. The van der Waals surface area contributed by atoms with Crippen LogP contribution in [0.15, 0.2) is 11.4 Å². The van der Waals surface area contributed by atoms with Gasteiger partial charge in [0, 0.05) is 24.5 Å². The van der Waals surface area contributed by atoms with Gasteiger partial charge in [0.2, 0.25) is 0 Å². The molecule has 1 atom stereocenters. The fourth-order valence-electron chi connectivity index (χ4n) is 2.08. The highest BCUT2D eigenvalue weighted by molar-refractivity contribution is 7.13. The van der Waals surface area contributed by atoms with Crippen LogP contribution >= 0.6 is 11.3 Å². The van der Waals surface area contributed by atoms with Gasteiger partial charge in [0.1, 0.15) is 0 Å². The minimum atomic E-state index is -0.909. The van der Waals surface area contributed by atoms with Gasteiger partial charge in [-0.15, -0.1) is 0 Å². The quantitative estimate of drug-likeness (QED) is 0.671. The number of nitrogens with zero attached hydrogens (tertiary/aromatic N) is 2. The van der Waals surface area contributed by atoms with Crippen molar-refractivity contribution in [2.75, 3.05) is 13.1 Å². The van der Waals surface area contributed by atoms with Crippen molar-refractivity contribution in [3.8, 4) is 0 Å². The number of carboxylic acid groups (broad SMARTS) is 1. The maximum atomic E-state index is 12.1. The highest BCUT2D eigenvalue weighted by Gasteiger charge is 2.29. The van der Waals surface area contributed by atoms with Gasteiger partial charge in [-0.05, 0) is 12.8 Å². The summed E-state index contributed by atoms with van der Waals surface area (Å²) < 4.78 is 0. The van der Waals surface area contributed by atoms with Crippen LogP contribution in [0.25, 0.3) is 0 Å². The second kappa shape index (κ2) is 5.35. The molecule has 1 aliphatic rings. The van der Waals surface area contributed by atoms with Gasteiger partial charge >= 0.3 is 11.0 Å². The summed E-state index contributed by atoms with van der Waals surface area (Å²) in [5, 5.41) is 20.9. The van der Waals surface area contributed by atoms with Crippen LogP contribution in [0.5, 0.6) is 0 Å². The van der Waals surface area contributed by atoms with Crippen molar-refractivity contribution in [3.63, 3.8) is 0 Å². The summed E-state index contributed by atoms with van der Waals surface area (Å²) in [6, 6.07) is 1.23. The molecule has 0 saturated carbocycles. The lowest BCUT2D eigenvalue weighted by Crippen LogP contribution is -2.42. The Kier molecular flexibility index (Phi) is 3.79. The zero-order valence-corrected chi connectivity index (χ0v) is 10.8. The Morgan fingerprint density at radius 2 is 2.26 bits per heavy atom. The summed E-state index contributed by atoms with van der Waals surface area (Å²) in [5.74, 6) is -1.80. The molecule has 0 spiro atoms. The second-order valence-corrected chi connectivity index (χ2v) is 5.25. The summed E-state index contributed by atoms with van der Waals surface area (Å²) in [6.07, 6.45) is 1.19. The molecule has 1 aromatic rings. The molecule has 7 nitrogen and oxygen atoms in total. The van der Waals surface area contributed by atoms with Gasteiger partial charge in [-0.3, -0.25) is 19.7 Å². The standard InChI is InChI=1S/C11H12N2O5S/c14-10(8-4-9(13(17)18)19-6-8)12-3-1-2-7(5-12)11(15)16/h4,6-7H,1-3,5H2,(H,15,16)/t7-/m0/s1. The first kappa shape index (κ1) is 13.5. The molecule has 1 saturated heterocycles. The molecule has 0 bridgehead atoms. The van der Waals surface area contributed by atoms with E-state index in [4.69, 9.17) is 5.11 Å².